The Morgan fingerprint density at radius 3 is 1.57 bits per heavy atom. The smallest absolute Gasteiger partial charge is 0.256 e. The van der Waals surface area contributed by atoms with Crippen molar-refractivity contribution in [3.8, 4) is 11.5 Å². The van der Waals surface area contributed by atoms with Gasteiger partial charge in [0.15, 0.2) is 0 Å². The maximum Gasteiger partial charge on any atom is 0.256 e. The van der Waals surface area contributed by atoms with Gasteiger partial charge in [0, 0.05) is 38.7 Å². The quantitative estimate of drug-likeness (QED) is 0.364. The minimum atomic E-state index is -0.149. The summed E-state index contributed by atoms with van der Waals surface area (Å²) in [7, 11) is 3.19. The van der Waals surface area contributed by atoms with Gasteiger partial charge in [-0.3, -0.25) is 19.6 Å². The third-order valence-corrected chi connectivity index (χ3v) is 8.62. The fraction of sp³-hybridized carbons (Fsp3) is 0.500. The maximum absolute atomic E-state index is 13.2. The third kappa shape index (κ3) is 5.65. The van der Waals surface area contributed by atoms with Gasteiger partial charge in [-0.15, -0.1) is 0 Å². The SMILES string of the molecule is COc1ccc2c(c1)C(=O)N1CCC(OCCCCCCOC3CCN4C(=O)c5cc(OC)ccc5N=C[C@H]34)[C@H]1C=N2. The van der Waals surface area contributed by atoms with Crippen molar-refractivity contribution in [3.05, 3.63) is 47.5 Å². The Labute approximate surface area is 246 Å². The van der Waals surface area contributed by atoms with Crippen LogP contribution in [0.1, 0.15) is 59.2 Å². The van der Waals surface area contributed by atoms with E-state index in [1.54, 1.807) is 26.4 Å². The Bertz CT molecular complexity index is 1270. The molecule has 2 aromatic carbocycles. The highest BCUT2D eigenvalue weighted by atomic mass is 16.5. The topological polar surface area (TPSA) is 102 Å². The molecule has 2 unspecified atom stereocenters. The minimum Gasteiger partial charge on any atom is -0.497 e. The molecule has 0 radical (unpaired) electrons. The summed E-state index contributed by atoms with van der Waals surface area (Å²) in [5, 5.41) is 0. The number of hydrogen-bond donors (Lipinski definition) is 0. The second-order valence-electron chi connectivity index (χ2n) is 11.1. The number of rotatable bonds is 11. The van der Waals surface area contributed by atoms with Crippen LogP contribution in [0.3, 0.4) is 0 Å². The lowest BCUT2D eigenvalue weighted by molar-refractivity contribution is 0.0359. The van der Waals surface area contributed by atoms with Crippen LogP contribution in [0.4, 0.5) is 11.4 Å². The number of fused-ring (bicyclic) bond motifs is 4. The molecule has 2 amide bonds. The van der Waals surface area contributed by atoms with E-state index in [4.69, 9.17) is 18.9 Å². The second kappa shape index (κ2) is 12.6. The number of aliphatic imine (C=N–C) groups is 2. The van der Waals surface area contributed by atoms with Crippen LogP contribution in [0, 0.1) is 0 Å². The van der Waals surface area contributed by atoms with E-state index in [0.717, 1.165) is 38.5 Å². The molecule has 10 nitrogen and oxygen atoms in total. The van der Waals surface area contributed by atoms with Gasteiger partial charge in [-0.25, -0.2) is 0 Å². The number of methoxy groups -OCH3 is 2. The Morgan fingerprint density at radius 2 is 1.14 bits per heavy atom. The minimum absolute atomic E-state index is 0.0212. The number of amides is 2. The molecule has 4 aliphatic rings. The first kappa shape index (κ1) is 28.4. The molecule has 222 valence electrons. The highest BCUT2D eigenvalue weighted by Crippen LogP contribution is 2.34. The van der Waals surface area contributed by atoms with E-state index in [0.29, 0.717) is 60.3 Å². The predicted octanol–water partition coefficient (Wildman–Crippen LogP) is 4.60. The van der Waals surface area contributed by atoms with Crippen LogP contribution in [-0.4, -0.2) is 98.9 Å². The summed E-state index contributed by atoms with van der Waals surface area (Å²) in [6.45, 7) is 2.62. The summed E-state index contributed by atoms with van der Waals surface area (Å²) >= 11 is 0. The molecule has 2 fully saturated rings. The normalized spacial score (nSPS) is 24.1. The van der Waals surface area contributed by atoms with Gasteiger partial charge in [0.2, 0.25) is 0 Å². The first-order chi connectivity index (χ1) is 20.6. The lowest BCUT2D eigenvalue weighted by atomic mass is 10.1. The van der Waals surface area contributed by atoms with Crippen LogP contribution >= 0.6 is 0 Å². The average molecular weight is 575 g/mol. The molecule has 2 saturated heterocycles. The number of unbranched alkanes of at least 4 members (excludes halogenated alkanes) is 3. The Kier molecular flexibility index (Phi) is 8.53. The van der Waals surface area contributed by atoms with E-state index in [1.807, 2.05) is 46.5 Å². The van der Waals surface area contributed by atoms with Crippen molar-refractivity contribution in [2.24, 2.45) is 9.98 Å². The van der Waals surface area contributed by atoms with E-state index in [9.17, 15) is 9.59 Å². The molecule has 2 aromatic rings. The molecular weight excluding hydrogens is 536 g/mol. The molecule has 0 spiro atoms. The highest BCUT2D eigenvalue weighted by molar-refractivity contribution is 6.04. The van der Waals surface area contributed by atoms with Crippen molar-refractivity contribution >= 4 is 35.6 Å². The molecular formula is C32H38N4O6. The number of benzene rings is 2. The van der Waals surface area contributed by atoms with Crippen molar-refractivity contribution < 1.29 is 28.5 Å². The van der Waals surface area contributed by atoms with Crippen molar-refractivity contribution in [2.45, 2.75) is 62.8 Å². The molecule has 0 N–H and O–H groups in total. The first-order valence-electron chi connectivity index (χ1n) is 14.9. The van der Waals surface area contributed by atoms with Crippen molar-refractivity contribution in [1.29, 1.82) is 0 Å². The molecule has 0 aliphatic carbocycles. The summed E-state index contributed by atoms with van der Waals surface area (Å²) in [5.41, 5.74) is 2.49. The predicted molar refractivity (Wildman–Crippen MR) is 159 cm³/mol. The number of hydrogen-bond acceptors (Lipinski definition) is 8. The summed E-state index contributed by atoms with van der Waals surface area (Å²) in [6, 6.07) is 10.5. The van der Waals surface area contributed by atoms with E-state index in [-0.39, 0.29) is 36.1 Å². The molecule has 0 aromatic heterocycles. The fourth-order valence-electron chi connectivity index (χ4n) is 6.27. The monoisotopic (exact) mass is 574 g/mol. The van der Waals surface area contributed by atoms with E-state index >= 15 is 0 Å². The van der Waals surface area contributed by atoms with Gasteiger partial charge in [0.1, 0.15) is 11.5 Å². The van der Waals surface area contributed by atoms with Gasteiger partial charge in [0.05, 0.1) is 61.0 Å². The molecule has 6 rings (SSSR count). The van der Waals surface area contributed by atoms with Crippen LogP contribution in [0.5, 0.6) is 11.5 Å². The van der Waals surface area contributed by atoms with E-state index in [2.05, 4.69) is 9.98 Å². The fourth-order valence-corrected chi connectivity index (χ4v) is 6.27. The lowest BCUT2D eigenvalue weighted by Crippen LogP contribution is -2.40. The summed E-state index contributed by atoms with van der Waals surface area (Å²) in [4.78, 5) is 39.3. The molecule has 0 bridgehead atoms. The van der Waals surface area contributed by atoms with Crippen molar-refractivity contribution in [1.82, 2.24) is 9.80 Å². The van der Waals surface area contributed by atoms with Gasteiger partial charge >= 0.3 is 0 Å². The zero-order valence-corrected chi connectivity index (χ0v) is 24.2. The molecule has 0 saturated carbocycles. The lowest BCUT2D eigenvalue weighted by Gasteiger charge is -2.24. The Hall–Kier alpha value is -3.76. The van der Waals surface area contributed by atoms with Crippen LogP contribution in [0.25, 0.3) is 0 Å². The van der Waals surface area contributed by atoms with Crippen LogP contribution in [0.2, 0.25) is 0 Å². The van der Waals surface area contributed by atoms with Gasteiger partial charge in [0.25, 0.3) is 11.8 Å². The first-order valence-corrected chi connectivity index (χ1v) is 14.9. The number of nitrogens with zero attached hydrogens (tertiary/aromatic N) is 4. The third-order valence-electron chi connectivity index (χ3n) is 8.62. The highest BCUT2D eigenvalue weighted by Gasteiger charge is 2.40. The summed E-state index contributed by atoms with van der Waals surface area (Å²) in [6.07, 6.45) is 9.23. The van der Waals surface area contributed by atoms with Gasteiger partial charge in [-0.2, -0.15) is 0 Å². The zero-order chi connectivity index (χ0) is 29.1. The van der Waals surface area contributed by atoms with Crippen LogP contribution in [-0.2, 0) is 9.47 Å². The van der Waals surface area contributed by atoms with Crippen molar-refractivity contribution in [2.75, 3.05) is 40.5 Å². The van der Waals surface area contributed by atoms with Crippen LogP contribution < -0.4 is 9.47 Å². The summed E-state index contributed by atoms with van der Waals surface area (Å²) < 4.78 is 23.1. The van der Waals surface area contributed by atoms with Gasteiger partial charge in [-0.05, 0) is 62.1 Å². The average Bonchev–Trinajstić information content (AvgIpc) is 3.55. The maximum atomic E-state index is 13.2. The standard InChI is InChI=1S/C32H38N4O6/c1-39-21-7-9-25-23(17-21)31(37)35-13-11-29(27(35)19-33-25)41-15-5-3-4-6-16-42-30-12-14-36-28(30)20-34-26-10-8-22(40-2)18-24(26)32(36)38/h7-10,17-20,27-30H,3-6,11-16H2,1-2H3/t27-,28-,29?,30?/m1/s1. The van der Waals surface area contributed by atoms with Crippen LogP contribution in [0.15, 0.2) is 46.4 Å². The number of carbonyl (C=O) groups excluding carboxylic acids is 2. The molecule has 4 atom stereocenters. The molecule has 4 aliphatic heterocycles. The molecule has 10 heteroatoms. The van der Waals surface area contributed by atoms with E-state index in [1.165, 1.54) is 0 Å². The van der Waals surface area contributed by atoms with Gasteiger partial charge < -0.3 is 28.7 Å². The Balaban J connectivity index is 0.905. The summed E-state index contributed by atoms with van der Waals surface area (Å²) in [5.74, 6) is 1.26. The molecule has 42 heavy (non-hydrogen) atoms. The Morgan fingerprint density at radius 1 is 0.690 bits per heavy atom. The zero-order valence-electron chi connectivity index (χ0n) is 24.2. The number of carbonyl (C=O) groups is 2. The molecule has 4 heterocycles. The van der Waals surface area contributed by atoms with E-state index < -0.39 is 0 Å². The van der Waals surface area contributed by atoms with Gasteiger partial charge in [-0.1, -0.05) is 12.8 Å². The largest absolute Gasteiger partial charge is 0.497 e. The number of ether oxygens (including phenoxy) is 4. The second-order valence-corrected chi connectivity index (χ2v) is 11.1. The van der Waals surface area contributed by atoms with Crippen molar-refractivity contribution in [3.63, 3.8) is 0 Å².